The molecule has 1 aromatic carbocycles. The Bertz CT molecular complexity index is 740. The summed E-state index contributed by atoms with van der Waals surface area (Å²) in [5, 5.41) is 2.80. The average molecular weight is 335 g/mol. The lowest BCUT2D eigenvalue weighted by Gasteiger charge is -2.07. The van der Waals surface area contributed by atoms with Gasteiger partial charge in [-0.3, -0.25) is 4.79 Å². The molecule has 0 spiro atoms. The molecule has 0 atom stereocenters. The Morgan fingerprint density at radius 1 is 1.21 bits per heavy atom. The minimum atomic E-state index is -0.284. The second kappa shape index (κ2) is 5.02. The third-order valence-electron chi connectivity index (χ3n) is 2.51. The first-order valence-corrected chi connectivity index (χ1v) is 6.91. The molecule has 0 radical (unpaired) electrons. The lowest BCUT2D eigenvalue weighted by Crippen LogP contribution is -2.14. The van der Waals surface area contributed by atoms with Crippen LogP contribution in [0.25, 0.3) is 0 Å². The molecular formula is C12H7BrN4OS. The molecular weight excluding hydrogens is 328 g/mol. The fraction of sp³-hybridized carbons (Fsp3) is 0. The summed E-state index contributed by atoms with van der Waals surface area (Å²) in [6, 6.07) is 9.00. The Morgan fingerprint density at radius 2 is 2.11 bits per heavy atom. The molecule has 0 unspecified atom stereocenters. The van der Waals surface area contributed by atoms with Crippen molar-refractivity contribution in [1.82, 2.24) is 4.98 Å². The van der Waals surface area contributed by atoms with Gasteiger partial charge in [0.1, 0.15) is 17.1 Å². The van der Waals surface area contributed by atoms with Crippen molar-refractivity contribution in [3.63, 3.8) is 0 Å². The third-order valence-corrected chi connectivity index (χ3v) is 3.69. The molecule has 94 valence electrons. The molecule has 0 aliphatic carbocycles. The number of carbonyl (C=O) groups is 1. The van der Waals surface area contributed by atoms with E-state index in [4.69, 9.17) is 0 Å². The van der Waals surface area contributed by atoms with Gasteiger partial charge in [-0.15, -0.1) is 0 Å². The standard InChI is InChI=1S/C12H7BrN4OS/c13-7-3-2-6-14-10(7)12(18)15-8-4-1-5-9-11(8)17-19-16-9/h1-6H,(H,15,18). The number of fused-ring (bicyclic) bond motifs is 1. The number of aromatic nitrogens is 1. The molecule has 7 heteroatoms. The molecule has 19 heavy (non-hydrogen) atoms. The minimum absolute atomic E-state index is 0.284. The number of benzene rings is 1. The first-order valence-electron chi connectivity index (χ1n) is 5.39. The van der Waals surface area contributed by atoms with E-state index in [0.717, 1.165) is 17.0 Å². The number of rotatable bonds is 2. The number of hydrogen-bond donors (Lipinski definition) is 1. The van der Waals surface area contributed by atoms with Crippen molar-refractivity contribution in [2.24, 2.45) is 8.73 Å². The summed E-state index contributed by atoms with van der Waals surface area (Å²) < 4.78 is 8.95. The van der Waals surface area contributed by atoms with Gasteiger partial charge in [0.05, 0.1) is 17.0 Å². The Morgan fingerprint density at radius 3 is 2.95 bits per heavy atom. The Labute approximate surface area is 121 Å². The fourth-order valence-corrected chi connectivity index (χ4v) is 2.63. The lowest BCUT2D eigenvalue weighted by molar-refractivity contribution is 0.102. The van der Waals surface area contributed by atoms with Crippen LogP contribution in [-0.4, -0.2) is 10.9 Å². The number of nitrogens with one attached hydrogen (secondary N) is 1. The van der Waals surface area contributed by atoms with E-state index in [1.807, 2.05) is 12.1 Å². The molecule has 0 fully saturated rings. The van der Waals surface area contributed by atoms with E-state index < -0.39 is 0 Å². The second-order valence-electron chi connectivity index (χ2n) is 3.73. The molecule has 0 bridgehead atoms. The van der Waals surface area contributed by atoms with E-state index in [9.17, 15) is 4.79 Å². The van der Waals surface area contributed by atoms with Crippen LogP contribution in [0.4, 0.5) is 17.1 Å². The van der Waals surface area contributed by atoms with Gasteiger partial charge in [-0.1, -0.05) is 6.07 Å². The van der Waals surface area contributed by atoms with Crippen molar-refractivity contribution in [3.05, 3.63) is 46.7 Å². The fourth-order valence-electron chi connectivity index (χ4n) is 1.64. The number of nitrogens with zero attached hydrogens (tertiary/aromatic N) is 3. The maximum atomic E-state index is 12.2. The number of anilines is 1. The maximum Gasteiger partial charge on any atom is 0.275 e. The van der Waals surface area contributed by atoms with E-state index in [1.165, 1.54) is 0 Å². The summed E-state index contributed by atoms with van der Waals surface area (Å²) in [4.78, 5) is 16.2. The van der Waals surface area contributed by atoms with Crippen molar-refractivity contribution in [1.29, 1.82) is 0 Å². The van der Waals surface area contributed by atoms with E-state index in [0.29, 0.717) is 21.5 Å². The van der Waals surface area contributed by atoms with Gasteiger partial charge in [0, 0.05) is 10.7 Å². The summed E-state index contributed by atoms with van der Waals surface area (Å²) in [5.41, 5.74) is 2.42. The molecule has 1 aromatic heterocycles. The molecule has 1 N–H and O–H groups in total. The Balaban J connectivity index is 1.91. The van der Waals surface area contributed by atoms with Gasteiger partial charge >= 0.3 is 0 Å². The highest BCUT2D eigenvalue weighted by atomic mass is 79.9. The van der Waals surface area contributed by atoms with Gasteiger partial charge in [-0.25, -0.2) is 4.98 Å². The smallest absolute Gasteiger partial charge is 0.275 e. The van der Waals surface area contributed by atoms with Gasteiger partial charge in [0.25, 0.3) is 5.91 Å². The highest BCUT2D eigenvalue weighted by molar-refractivity contribution is 9.10. The number of halogens is 1. The highest BCUT2D eigenvalue weighted by Gasteiger charge is 2.16. The summed E-state index contributed by atoms with van der Waals surface area (Å²) in [6.07, 6.45) is 1.57. The van der Waals surface area contributed by atoms with Crippen molar-refractivity contribution in [3.8, 4) is 0 Å². The van der Waals surface area contributed by atoms with Crippen LogP contribution in [0.1, 0.15) is 10.5 Å². The predicted molar refractivity (Wildman–Crippen MR) is 77.9 cm³/mol. The van der Waals surface area contributed by atoms with Crippen molar-refractivity contribution in [2.75, 3.05) is 5.32 Å². The Kier molecular flexibility index (Phi) is 3.22. The first-order chi connectivity index (χ1) is 9.25. The van der Waals surface area contributed by atoms with Crippen LogP contribution in [0.15, 0.2) is 49.7 Å². The van der Waals surface area contributed by atoms with Crippen LogP contribution < -0.4 is 5.32 Å². The largest absolute Gasteiger partial charge is 0.319 e. The molecule has 2 heterocycles. The van der Waals surface area contributed by atoms with Gasteiger partial charge < -0.3 is 5.32 Å². The van der Waals surface area contributed by atoms with Gasteiger partial charge in [0.15, 0.2) is 0 Å². The summed E-state index contributed by atoms with van der Waals surface area (Å²) >= 11 is 4.42. The predicted octanol–water partition coefficient (Wildman–Crippen LogP) is 3.82. The van der Waals surface area contributed by atoms with E-state index in [-0.39, 0.29) is 5.91 Å². The summed E-state index contributed by atoms with van der Waals surface area (Å²) in [6.45, 7) is 0. The van der Waals surface area contributed by atoms with Crippen molar-refractivity contribution in [2.45, 2.75) is 0 Å². The maximum absolute atomic E-state index is 12.2. The quantitative estimate of drug-likeness (QED) is 0.773. The normalized spacial score (nSPS) is 11.8. The third kappa shape index (κ3) is 2.34. The van der Waals surface area contributed by atoms with Crippen LogP contribution >= 0.6 is 15.9 Å². The molecule has 5 nitrogen and oxygen atoms in total. The monoisotopic (exact) mass is 334 g/mol. The SMILES string of the molecule is O=C(Nc1cccc2c1N=S=N2)c1ncccc1Br. The van der Waals surface area contributed by atoms with E-state index in [2.05, 4.69) is 35.0 Å². The number of amides is 1. The van der Waals surface area contributed by atoms with Crippen LogP contribution in [0, 0.1) is 0 Å². The van der Waals surface area contributed by atoms with E-state index in [1.54, 1.807) is 24.4 Å². The van der Waals surface area contributed by atoms with E-state index >= 15 is 0 Å². The van der Waals surface area contributed by atoms with Gasteiger partial charge in [0.2, 0.25) is 0 Å². The van der Waals surface area contributed by atoms with Gasteiger partial charge in [-0.05, 0) is 40.2 Å². The van der Waals surface area contributed by atoms with Crippen LogP contribution in [0.5, 0.6) is 0 Å². The molecule has 3 rings (SSSR count). The second-order valence-corrected chi connectivity index (χ2v) is 5.11. The molecule has 0 saturated carbocycles. The Hall–Kier alpha value is -1.86. The average Bonchev–Trinajstić information content (AvgIpc) is 2.88. The van der Waals surface area contributed by atoms with Crippen molar-refractivity contribution < 1.29 is 4.79 Å². The molecule has 2 aromatic rings. The van der Waals surface area contributed by atoms with Crippen molar-refractivity contribution >= 4 is 50.3 Å². The van der Waals surface area contributed by atoms with Crippen LogP contribution in [0.3, 0.4) is 0 Å². The van der Waals surface area contributed by atoms with Crippen LogP contribution in [0.2, 0.25) is 0 Å². The molecule has 0 saturated heterocycles. The number of hydrogen-bond acceptors (Lipinski definition) is 4. The lowest BCUT2D eigenvalue weighted by atomic mass is 10.2. The zero-order valence-electron chi connectivity index (χ0n) is 9.50. The summed E-state index contributed by atoms with van der Waals surface area (Å²) in [5.74, 6) is -0.284. The number of pyridine rings is 1. The zero-order chi connectivity index (χ0) is 13.2. The first kappa shape index (κ1) is 12.2. The topological polar surface area (TPSA) is 66.7 Å². The zero-order valence-corrected chi connectivity index (χ0v) is 11.9. The minimum Gasteiger partial charge on any atom is -0.319 e. The van der Waals surface area contributed by atoms with Gasteiger partial charge in [-0.2, -0.15) is 8.73 Å². The molecule has 1 amide bonds. The number of carbonyl (C=O) groups excluding carboxylic acids is 1. The highest BCUT2D eigenvalue weighted by Crippen LogP contribution is 2.38. The molecule has 1 aliphatic rings. The summed E-state index contributed by atoms with van der Waals surface area (Å²) in [7, 11) is 0. The van der Waals surface area contributed by atoms with Crippen LogP contribution in [-0.2, 0) is 11.4 Å². The molecule has 1 aliphatic heterocycles.